The summed E-state index contributed by atoms with van der Waals surface area (Å²) in [4.78, 5) is 25.9. The van der Waals surface area contributed by atoms with Crippen LogP contribution in [0.5, 0.6) is 5.75 Å². The van der Waals surface area contributed by atoms with Gasteiger partial charge in [-0.15, -0.1) is 0 Å². The maximum atomic E-state index is 13.3. The van der Waals surface area contributed by atoms with Crippen molar-refractivity contribution >= 4 is 137 Å². The maximum absolute atomic E-state index is 13.3. The SMILES string of the molecule is O=C(O)c1c(Cl)c(Cl)c(Cl)c(Cl)c1-c1c2ccc(=O)c([As]3SCCS3)c-2oc2c([As]3SCCS3)c(O)ccc12. The monoisotopic (exact) mass is 800 g/mol. The van der Waals surface area contributed by atoms with Crippen molar-refractivity contribution in [2.45, 2.75) is 0 Å². The standard InChI is InChI=1S/C24H14As2Cl4O5S4/c27-18-14(15(24(33)34)19(28)21(30)20(18)29)13-9-1-3-11(31)16(25-36-5-6-37-25)22(9)35-23-10(13)2-4-12(32)17(23)26-38-7-8-39-26/h1-4,31H,5-8H2,(H,33,34). The van der Waals surface area contributed by atoms with Gasteiger partial charge in [0.2, 0.25) is 0 Å². The molecule has 5 nitrogen and oxygen atoms in total. The van der Waals surface area contributed by atoms with Gasteiger partial charge in [-0.05, 0) is 0 Å². The Kier molecular flexibility index (Phi) is 8.70. The number of fused-ring (bicyclic) bond motifs is 2. The Balaban J connectivity index is 1.84. The van der Waals surface area contributed by atoms with Gasteiger partial charge >= 0.3 is 268 Å². The summed E-state index contributed by atoms with van der Waals surface area (Å²) in [6, 6.07) is 6.43. The second kappa shape index (κ2) is 11.6. The van der Waals surface area contributed by atoms with Crippen molar-refractivity contribution in [1.82, 2.24) is 0 Å². The first-order valence-electron chi connectivity index (χ1n) is 11.2. The Labute approximate surface area is 264 Å². The van der Waals surface area contributed by atoms with Gasteiger partial charge in [0.1, 0.15) is 0 Å². The summed E-state index contributed by atoms with van der Waals surface area (Å²) in [5, 5.41) is 21.4. The molecule has 2 aromatic rings. The Bertz CT molecular complexity index is 1710. The predicted molar refractivity (Wildman–Crippen MR) is 174 cm³/mol. The van der Waals surface area contributed by atoms with E-state index in [0.717, 1.165) is 27.4 Å². The summed E-state index contributed by atoms with van der Waals surface area (Å²) >= 11 is 22.3. The predicted octanol–water partition coefficient (Wildman–Crippen LogP) is 6.93. The first-order chi connectivity index (χ1) is 18.7. The van der Waals surface area contributed by atoms with E-state index in [4.69, 9.17) is 50.8 Å². The first-order valence-corrected chi connectivity index (χ1v) is 27.5. The molecule has 2 N–H and O–H groups in total. The van der Waals surface area contributed by atoms with E-state index < -0.39 is 30.6 Å². The van der Waals surface area contributed by atoms with E-state index in [1.807, 2.05) is 20.0 Å². The van der Waals surface area contributed by atoms with Crippen LogP contribution in [0.2, 0.25) is 20.1 Å². The van der Waals surface area contributed by atoms with Crippen LogP contribution >= 0.6 is 86.5 Å². The van der Waals surface area contributed by atoms with Crippen molar-refractivity contribution < 1.29 is 19.4 Å². The molecular formula is C24H14As2Cl4O5S4. The van der Waals surface area contributed by atoms with Gasteiger partial charge in [-0.3, -0.25) is 0 Å². The summed E-state index contributed by atoms with van der Waals surface area (Å²) in [6.45, 7) is 0. The molecule has 0 unspecified atom stereocenters. The van der Waals surface area contributed by atoms with Crippen LogP contribution < -0.4 is 14.1 Å². The molecule has 15 heteroatoms. The molecule has 0 aromatic heterocycles. The van der Waals surface area contributed by atoms with Gasteiger partial charge in [0.15, 0.2) is 0 Å². The molecule has 0 radical (unpaired) electrons. The molecule has 0 amide bonds. The molecule has 3 aliphatic heterocycles. The van der Waals surface area contributed by atoms with E-state index in [2.05, 4.69) is 0 Å². The number of carboxylic acid groups (broad SMARTS) is 1. The number of phenols is 1. The number of benzene rings is 3. The molecule has 0 spiro atoms. The number of carbonyl (C=O) groups is 1. The summed E-state index contributed by atoms with van der Waals surface area (Å²) in [5.41, 5.74) is 1.09. The zero-order valence-corrected chi connectivity index (χ0v) is 29.3. The van der Waals surface area contributed by atoms with Crippen molar-refractivity contribution in [1.29, 1.82) is 0 Å². The second-order valence-electron chi connectivity index (χ2n) is 8.23. The molecule has 2 saturated heterocycles. The van der Waals surface area contributed by atoms with Crippen molar-refractivity contribution in [3.8, 4) is 28.2 Å². The van der Waals surface area contributed by atoms with E-state index >= 15 is 0 Å². The normalized spacial score (nSPS) is 16.6. The molecule has 4 aliphatic rings. The van der Waals surface area contributed by atoms with Gasteiger partial charge in [0, 0.05) is 0 Å². The molecule has 3 heterocycles. The number of carboxylic acids is 1. The number of aromatic carboxylic acids is 1. The Morgan fingerprint density at radius 2 is 1.38 bits per heavy atom. The van der Waals surface area contributed by atoms with Crippen molar-refractivity contribution in [2.24, 2.45) is 0 Å². The Morgan fingerprint density at radius 1 is 0.795 bits per heavy atom. The van der Waals surface area contributed by atoms with E-state index in [9.17, 15) is 19.8 Å². The molecule has 39 heavy (non-hydrogen) atoms. The quantitative estimate of drug-likeness (QED) is 0.0988. The molecule has 0 bridgehead atoms. The molecule has 2 aromatic carbocycles. The van der Waals surface area contributed by atoms with Crippen molar-refractivity contribution in [3.63, 3.8) is 0 Å². The van der Waals surface area contributed by atoms with Crippen LogP contribution in [0, 0.1) is 0 Å². The molecule has 6 rings (SSSR count). The van der Waals surface area contributed by atoms with Crippen LogP contribution in [0.4, 0.5) is 0 Å². The van der Waals surface area contributed by atoms with Crippen LogP contribution in [0.3, 0.4) is 0 Å². The number of aromatic hydroxyl groups is 1. The molecule has 0 saturated carbocycles. The summed E-state index contributed by atoms with van der Waals surface area (Å²) < 4.78 is 8.02. The minimum atomic E-state index is -1.89. The minimum absolute atomic E-state index is 0.0652. The number of hydrogen-bond acceptors (Lipinski definition) is 8. The second-order valence-corrected chi connectivity index (χ2v) is 32.9. The van der Waals surface area contributed by atoms with E-state index in [-0.39, 0.29) is 42.4 Å². The van der Waals surface area contributed by atoms with Gasteiger partial charge in [-0.1, -0.05) is 0 Å². The number of hydrogen-bond donors (Lipinski definition) is 2. The third kappa shape index (κ3) is 4.95. The Hall–Kier alpha value is 0.0769. The molecular weight excluding hydrogens is 788 g/mol. The van der Waals surface area contributed by atoms with Crippen molar-refractivity contribution in [3.05, 3.63) is 60.1 Å². The van der Waals surface area contributed by atoms with Gasteiger partial charge in [-0.2, -0.15) is 0 Å². The summed E-state index contributed by atoms with van der Waals surface area (Å²) in [7, 11) is 7.27. The van der Waals surface area contributed by atoms with Crippen LogP contribution in [0.25, 0.3) is 33.4 Å². The molecule has 2 fully saturated rings. The number of halogens is 4. The molecule has 0 atom stereocenters. The van der Waals surface area contributed by atoms with Crippen LogP contribution in [0.15, 0.2) is 33.5 Å². The van der Waals surface area contributed by atoms with E-state index in [1.165, 1.54) is 6.07 Å². The number of phenolic OH excluding ortho intramolecular Hbond substituents is 1. The van der Waals surface area contributed by atoms with Gasteiger partial charge in [0.25, 0.3) is 0 Å². The fourth-order valence-electron chi connectivity index (χ4n) is 4.46. The average molecular weight is 802 g/mol. The Morgan fingerprint density at radius 3 is 2.00 bits per heavy atom. The fourth-order valence-corrected chi connectivity index (χ4v) is 35.1. The van der Waals surface area contributed by atoms with Gasteiger partial charge in [-0.25, -0.2) is 0 Å². The topological polar surface area (TPSA) is 87.7 Å². The van der Waals surface area contributed by atoms with Crippen molar-refractivity contribution in [2.75, 3.05) is 23.0 Å². The van der Waals surface area contributed by atoms with Crippen LogP contribution in [-0.2, 0) is 0 Å². The van der Waals surface area contributed by atoms with Crippen LogP contribution in [0.1, 0.15) is 10.4 Å². The van der Waals surface area contributed by atoms with E-state index in [1.54, 1.807) is 38.2 Å². The molecule has 202 valence electrons. The van der Waals surface area contributed by atoms with Crippen LogP contribution in [-0.4, -0.2) is 63.9 Å². The zero-order valence-electron chi connectivity index (χ0n) is 19.3. The number of rotatable bonds is 4. The fraction of sp³-hybridized carbons (Fsp3) is 0.167. The zero-order chi connectivity index (χ0) is 27.6. The van der Waals surface area contributed by atoms with Gasteiger partial charge < -0.3 is 0 Å². The third-order valence-corrected chi connectivity index (χ3v) is 35.0. The first kappa shape index (κ1) is 29.2. The summed E-state index contributed by atoms with van der Waals surface area (Å²) in [6.07, 6.45) is 0. The average Bonchev–Trinajstić information content (AvgIpc) is 3.63. The summed E-state index contributed by atoms with van der Waals surface area (Å²) in [5.74, 6) is 3.04. The molecule has 1 aliphatic carbocycles. The third-order valence-electron chi connectivity index (χ3n) is 6.04. The van der Waals surface area contributed by atoms with E-state index in [0.29, 0.717) is 32.2 Å². The van der Waals surface area contributed by atoms with Gasteiger partial charge in [0.05, 0.1) is 0 Å².